The van der Waals surface area contributed by atoms with Gasteiger partial charge in [-0.05, 0) is 43.9 Å². The Bertz CT molecular complexity index is 967. The average Bonchev–Trinajstić information content (AvgIpc) is 2.93. The number of nitrogens with two attached hydrogens (primary N) is 1. The number of carbonyl (C=O) groups excluding carboxylic acids is 3. The summed E-state index contributed by atoms with van der Waals surface area (Å²) in [6.45, 7) is 9.71. The number of esters is 1. The van der Waals surface area contributed by atoms with E-state index in [4.69, 9.17) is 29.4 Å². The van der Waals surface area contributed by atoms with Gasteiger partial charge in [0, 0.05) is 18.3 Å². The first-order chi connectivity index (χ1) is 19.5. The first-order valence-electron chi connectivity index (χ1n) is 14.6. The molecule has 1 rings (SSSR count). The summed E-state index contributed by atoms with van der Waals surface area (Å²) in [6, 6.07) is 2.89. The second kappa shape index (κ2) is 19.7. The molecule has 0 radical (unpaired) electrons. The van der Waals surface area contributed by atoms with Gasteiger partial charge in [-0.1, -0.05) is 65.9 Å². The van der Waals surface area contributed by atoms with Crippen LogP contribution in [0.1, 0.15) is 104 Å². The number of rotatable bonds is 19. The van der Waals surface area contributed by atoms with Crippen molar-refractivity contribution in [2.75, 3.05) is 13.2 Å². The van der Waals surface area contributed by atoms with Crippen LogP contribution in [0.15, 0.2) is 18.2 Å². The van der Waals surface area contributed by atoms with Gasteiger partial charge in [-0.3, -0.25) is 9.59 Å². The zero-order chi connectivity index (χ0) is 30.8. The van der Waals surface area contributed by atoms with Crippen molar-refractivity contribution in [3.05, 3.63) is 23.8 Å². The fourth-order valence-electron chi connectivity index (χ4n) is 4.13. The molecular weight excluding hydrogens is 534 g/mol. The van der Waals surface area contributed by atoms with Crippen LogP contribution in [-0.4, -0.2) is 54.7 Å². The Morgan fingerprint density at radius 1 is 0.805 bits per heavy atom. The molecule has 0 bridgehead atoms. The Kier molecular flexibility index (Phi) is 17.1. The van der Waals surface area contributed by atoms with Crippen molar-refractivity contribution in [3.8, 4) is 11.5 Å². The molecule has 11 nitrogen and oxygen atoms in total. The highest BCUT2D eigenvalue weighted by atomic mass is 16.7. The summed E-state index contributed by atoms with van der Waals surface area (Å²) >= 11 is 0. The number of hydrogen-bond donors (Lipinski definition) is 2. The molecule has 0 aromatic heterocycles. The molecule has 0 saturated carbocycles. The number of ether oxygens (including phenoxy) is 5. The average molecular weight is 582 g/mol. The van der Waals surface area contributed by atoms with Crippen molar-refractivity contribution in [1.82, 2.24) is 0 Å². The smallest absolute Gasteiger partial charge is 0.480 e. The molecule has 0 saturated heterocycles. The fourth-order valence-corrected chi connectivity index (χ4v) is 4.13. The van der Waals surface area contributed by atoms with Crippen molar-refractivity contribution >= 4 is 24.2 Å². The van der Waals surface area contributed by atoms with E-state index in [1.807, 2.05) is 20.8 Å². The molecule has 3 unspecified atom stereocenters. The minimum absolute atomic E-state index is 0.117. The normalized spacial score (nSPS) is 13.8. The van der Waals surface area contributed by atoms with Crippen LogP contribution in [0, 0.1) is 5.92 Å². The largest absolute Gasteiger partial charge is 0.513 e. The highest BCUT2D eigenvalue weighted by Gasteiger charge is 2.36. The van der Waals surface area contributed by atoms with Gasteiger partial charge in [0.05, 0.1) is 13.2 Å². The molecule has 0 heterocycles. The molecule has 0 aliphatic rings. The first kappa shape index (κ1) is 35.7. The van der Waals surface area contributed by atoms with Gasteiger partial charge in [0.25, 0.3) is 0 Å². The van der Waals surface area contributed by atoms with Crippen molar-refractivity contribution < 1.29 is 48.0 Å². The molecule has 1 aromatic rings. The van der Waals surface area contributed by atoms with Crippen molar-refractivity contribution in [2.45, 2.75) is 110 Å². The van der Waals surface area contributed by atoms with E-state index in [1.165, 1.54) is 18.2 Å². The van der Waals surface area contributed by atoms with E-state index in [-0.39, 0.29) is 37.1 Å². The summed E-state index contributed by atoms with van der Waals surface area (Å²) in [6.07, 6.45) is 4.07. The standard InChI is InChI=1S/C30H47NO10/c1-6-9-12-17-37-29(35)40-23-16-15-22(19-24(23)41-30(36)38-18-13-10-7-2)26(27(31)28(33)34)20(4)21(5)39-25(32)14-11-8-3/h15-16,19-21,26-27H,6-14,17-18,31H2,1-5H3,(H,33,34)/t20?,21?,26?,27-/m0/s1. The Hall–Kier alpha value is -3.34. The zero-order valence-corrected chi connectivity index (χ0v) is 25.0. The van der Waals surface area contributed by atoms with Crippen LogP contribution in [-0.2, 0) is 23.8 Å². The Morgan fingerprint density at radius 3 is 1.85 bits per heavy atom. The van der Waals surface area contributed by atoms with E-state index in [0.29, 0.717) is 24.8 Å². The van der Waals surface area contributed by atoms with Gasteiger partial charge in [0.2, 0.25) is 0 Å². The summed E-state index contributed by atoms with van der Waals surface area (Å²) < 4.78 is 26.5. The highest BCUT2D eigenvalue weighted by molar-refractivity contribution is 5.75. The van der Waals surface area contributed by atoms with Crippen LogP contribution in [0.25, 0.3) is 0 Å². The molecule has 0 amide bonds. The summed E-state index contributed by atoms with van der Waals surface area (Å²) in [5, 5.41) is 9.77. The maximum atomic E-state index is 12.4. The maximum absolute atomic E-state index is 12.4. The van der Waals surface area contributed by atoms with E-state index in [9.17, 15) is 24.3 Å². The molecule has 1 aromatic carbocycles. The summed E-state index contributed by atoms with van der Waals surface area (Å²) in [5.41, 5.74) is 6.48. The third-order valence-electron chi connectivity index (χ3n) is 6.71. The molecule has 4 atom stereocenters. The number of benzene rings is 1. The fraction of sp³-hybridized carbons (Fsp3) is 0.667. The summed E-state index contributed by atoms with van der Waals surface area (Å²) in [4.78, 5) is 48.9. The van der Waals surface area contributed by atoms with Crippen LogP contribution in [0.2, 0.25) is 0 Å². The lowest BCUT2D eigenvalue weighted by Gasteiger charge is -2.31. The molecule has 3 N–H and O–H groups in total. The quantitative estimate of drug-likeness (QED) is 0.0810. The number of aliphatic carboxylic acids is 1. The minimum atomic E-state index is -1.38. The molecule has 11 heteroatoms. The molecule has 232 valence electrons. The van der Waals surface area contributed by atoms with Crippen molar-refractivity contribution in [3.63, 3.8) is 0 Å². The van der Waals surface area contributed by atoms with Crippen LogP contribution < -0.4 is 15.2 Å². The highest BCUT2D eigenvalue weighted by Crippen LogP contribution is 2.37. The van der Waals surface area contributed by atoms with Gasteiger partial charge in [-0.25, -0.2) is 9.59 Å². The molecular formula is C30H47NO10. The predicted molar refractivity (Wildman–Crippen MR) is 152 cm³/mol. The Labute approximate surface area is 243 Å². The Balaban J connectivity index is 3.30. The van der Waals surface area contributed by atoms with E-state index in [1.54, 1.807) is 13.8 Å². The third-order valence-corrected chi connectivity index (χ3v) is 6.71. The van der Waals surface area contributed by atoms with E-state index in [2.05, 4.69) is 0 Å². The molecule has 0 spiro atoms. The number of carbonyl (C=O) groups is 4. The SMILES string of the molecule is CCCCCOC(=O)Oc1ccc(C(C(C)C(C)OC(=O)CCCC)[C@H](N)C(=O)O)cc1OC(=O)OCCCCC. The van der Waals surface area contributed by atoms with E-state index < -0.39 is 42.3 Å². The molecule has 41 heavy (non-hydrogen) atoms. The van der Waals surface area contributed by atoms with Crippen LogP contribution in [0.3, 0.4) is 0 Å². The number of hydrogen-bond acceptors (Lipinski definition) is 10. The van der Waals surface area contributed by atoms with Crippen molar-refractivity contribution in [1.29, 1.82) is 0 Å². The van der Waals surface area contributed by atoms with Crippen LogP contribution >= 0.6 is 0 Å². The Morgan fingerprint density at radius 2 is 1.34 bits per heavy atom. The second-order valence-corrected chi connectivity index (χ2v) is 10.1. The molecule has 0 aliphatic carbocycles. The topological polar surface area (TPSA) is 161 Å². The van der Waals surface area contributed by atoms with E-state index >= 15 is 0 Å². The van der Waals surface area contributed by atoms with Gasteiger partial charge in [0.1, 0.15) is 12.1 Å². The van der Waals surface area contributed by atoms with Crippen molar-refractivity contribution in [2.24, 2.45) is 11.7 Å². The third kappa shape index (κ3) is 13.2. The summed E-state index contributed by atoms with van der Waals surface area (Å²) in [5.74, 6) is -3.34. The monoisotopic (exact) mass is 581 g/mol. The number of carboxylic acids is 1. The lowest BCUT2D eigenvalue weighted by molar-refractivity contribution is -0.151. The maximum Gasteiger partial charge on any atom is 0.513 e. The van der Waals surface area contributed by atoms with Gasteiger partial charge >= 0.3 is 24.2 Å². The van der Waals surface area contributed by atoms with Gasteiger partial charge in [0.15, 0.2) is 11.5 Å². The van der Waals surface area contributed by atoms with Gasteiger partial charge < -0.3 is 34.5 Å². The minimum Gasteiger partial charge on any atom is -0.480 e. The lowest BCUT2D eigenvalue weighted by Crippen LogP contribution is -2.42. The summed E-state index contributed by atoms with van der Waals surface area (Å²) in [7, 11) is 0. The zero-order valence-electron chi connectivity index (χ0n) is 25.0. The van der Waals surface area contributed by atoms with E-state index in [0.717, 1.165) is 32.1 Å². The predicted octanol–water partition coefficient (Wildman–Crippen LogP) is 6.35. The van der Waals surface area contributed by atoms with Crippen LogP contribution in [0.5, 0.6) is 11.5 Å². The number of unbranched alkanes of at least 4 members (excludes halogenated alkanes) is 5. The number of carboxylic acid groups (broad SMARTS) is 1. The first-order valence-corrected chi connectivity index (χ1v) is 14.6. The second-order valence-electron chi connectivity index (χ2n) is 10.1. The van der Waals surface area contributed by atoms with Crippen LogP contribution in [0.4, 0.5) is 9.59 Å². The molecule has 0 fully saturated rings. The van der Waals surface area contributed by atoms with Gasteiger partial charge in [-0.15, -0.1) is 0 Å². The lowest BCUT2D eigenvalue weighted by atomic mass is 9.79. The van der Waals surface area contributed by atoms with Gasteiger partial charge in [-0.2, -0.15) is 0 Å². The molecule has 0 aliphatic heterocycles.